The number of hydrogen-bond acceptors (Lipinski definition) is 5. The molecule has 0 aliphatic carbocycles. The third-order valence-electron chi connectivity index (χ3n) is 4.76. The zero-order valence-corrected chi connectivity index (χ0v) is 18.2. The molecule has 0 spiro atoms. The molecule has 0 saturated heterocycles. The molecule has 0 bridgehead atoms. The smallest absolute Gasteiger partial charge is 0.242 e. The molecule has 2 atom stereocenters. The summed E-state index contributed by atoms with van der Waals surface area (Å²) in [5.41, 5.74) is 8.12. The summed E-state index contributed by atoms with van der Waals surface area (Å²) in [7, 11) is 0. The van der Waals surface area contributed by atoms with Crippen molar-refractivity contribution in [3.05, 3.63) is 65.7 Å². The lowest BCUT2D eigenvalue weighted by atomic mass is 10.1. The maximum absolute atomic E-state index is 12.6. The largest absolute Gasteiger partial charge is 0.508 e. The first kappa shape index (κ1) is 23.8. The predicted molar refractivity (Wildman–Crippen MR) is 122 cm³/mol. The maximum atomic E-state index is 12.6. The van der Waals surface area contributed by atoms with Crippen LogP contribution >= 0.6 is 11.8 Å². The van der Waals surface area contributed by atoms with Crippen molar-refractivity contribution in [2.45, 2.75) is 37.8 Å². The average Bonchev–Trinajstić information content (AvgIpc) is 2.76. The lowest BCUT2D eigenvalue weighted by Crippen LogP contribution is -2.52. The van der Waals surface area contributed by atoms with Crippen molar-refractivity contribution in [3.63, 3.8) is 0 Å². The molecule has 0 fully saturated rings. The molecule has 0 radical (unpaired) electrons. The number of rotatable bonds is 12. The summed E-state index contributed by atoms with van der Waals surface area (Å²) >= 11 is 1.63. The van der Waals surface area contributed by atoms with Gasteiger partial charge in [-0.15, -0.1) is 0 Å². The van der Waals surface area contributed by atoms with Crippen molar-refractivity contribution in [2.75, 3.05) is 18.6 Å². The number of aryl methyl sites for hydroxylation is 1. The fraction of sp³-hybridized carbons (Fsp3) is 0.391. The van der Waals surface area contributed by atoms with Crippen LogP contribution in [-0.2, 0) is 22.4 Å². The molecule has 7 heteroatoms. The van der Waals surface area contributed by atoms with Crippen LogP contribution in [0.25, 0.3) is 0 Å². The summed E-state index contributed by atoms with van der Waals surface area (Å²) in [5.74, 6) is 0.393. The van der Waals surface area contributed by atoms with Crippen LogP contribution < -0.4 is 16.4 Å². The van der Waals surface area contributed by atoms with Gasteiger partial charge in [0.05, 0.1) is 6.04 Å². The van der Waals surface area contributed by atoms with Gasteiger partial charge in [-0.25, -0.2) is 0 Å². The van der Waals surface area contributed by atoms with Crippen molar-refractivity contribution >= 4 is 23.6 Å². The Balaban J connectivity index is 1.82. The Morgan fingerprint density at radius 1 is 1.03 bits per heavy atom. The molecule has 6 nitrogen and oxygen atoms in total. The van der Waals surface area contributed by atoms with Crippen LogP contribution in [-0.4, -0.2) is 47.6 Å². The summed E-state index contributed by atoms with van der Waals surface area (Å²) in [6.07, 6.45) is 4.57. The summed E-state index contributed by atoms with van der Waals surface area (Å²) in [5, 5.41) is 15.1. The van der Waals surface area contributed by atoms with E-state index >= 15 is 0 Å². The predicted octanol–water partition coefficient (Wildman–Crippen LogP) is 2.25. The van der Waals surface area contributed by atoms with Gasteiger partial charge in [0, 0.05) is 6.54 Å². The zero-order chi connectivity index (χ0) is 21.8. The van der Waals surface area contributed by atoms with Gasteiger partial charge in [-0.1, -0.05) is 42.5 Å². The molecule has 0 heterocycles. The molecular weight excluding hydrogens is 398 g/mol. The second-order valence-corrected chi connectivity index (χ2v) is 8.19. The van der Waals surface area contributed by atoms with Crippen molar-refractivity contribution in [1.29, 1.82) is 0 Å². The van der Waals surface area contributed by atoms with Crippen LogP contribution in [0.1, 0.15) is 24.0 Å². The van der Waals surface area contributed by atoms with Gasteiger partial charge in [-0.2, -0.15) is 11.8 Å². The third kappa shape index (κ3) is 8.47. The monoisotopic (exact) mass is 429 g/mol. The molecule has 162 valence electrons. The van der Waals surface area contributed by atoms with Crippen LogP contribution in [0, 0.1) is 0 Å². The van der Waals surface area contributed by atoms with Crippen molar-refractivity contribution in [3.8, 4) is 5.75 Å². The molecule has 2 rings (SSSR count). The number of aromatic hydroxyl groups is 1. The lowest BCUT2D eigenvalue weighted by molar-refractivity contribution is -0.129. The highest BCUT2D eigenvalue weighted by molar-refractivity contribution is 7.98. The van der Waals surface area contributed by atoms with Gasteiger partial charge in [-0.05, 0) is 61.0 Å². The molecule has 0 aliphatic rings. The second-order valence-electron chi connectivity index (χ2n) is 7.20. The van der Waals surface area contributed by atoms with E-state index in [9.17, 15) is 14.7 Å². The molecule has 30 heavy (non-hydrogen) atoms. The van der Waals surface area contributed by atoms with E-state index in [-0.39, 0.29) is 17.6 Å². The fourth-order valence-electron chi connectivity index (χ4n) is 3.03. The number of phenolic OH excluding ortho intramolecular Hbond substituents is 1. The quantitative estimate of drug-likeness (QED) is 0.388. The fourth-order valence-corrected chi connectivity index (χ4v) is 3.51. The van der Waals surface area contributed by atoms with Crippen LogP contribution in [0.5, 0.6) is 5.75 Å². The van der Waals surface area contributed by atoms with Crippen LogP contribution in [0.2, 0.25) is 0 Å². The number of thioether (sulfide) groups is 1. The van der Waals surface area contributed by atoms with Crippen molar-refractivity contribution in [2.24, 2.45) is 5.73 Å². The third-order valence-corrected chi connectivity index (χ3v) is 5.40. The maximum Gasteiger partial charge on any atom is 0.242 e. The van der Waals surface area contributed by atoms with Gasteiger partial charge in [0.15, 0.2) is 0 Å². The van der Waals surface area contributed by atoms with Gasteiger partial charge in [0.2, 0.25) is 11.8 Å². The Hall–Kier alpha value is -2.51. The molecule has 2 amide bonds. The molecule has 5 N–H and O–H groups in total. The van der Waals surface area contributed by atoms with E-state index in [0.717, 1.165) is 24.2 Å². The summed E-state index contributed by atoms with van der Waals surface area (Å²) in [6, 6.07) is 15.3. The van der Waals surface area contributed by atoms with Gasteiger partial charge < -0.3 is 21.5 Å². The minimum atomic E-state index is -0.766. The van der Waals surface area contributed by atoms with E-state index in [4.69, 9.17) is 5.73 Å². The van der Waals surface area contributed by atoms with E-state index in [1.54, 1.807) is 36.0 Å². The Labute approximate surface area is 182 Å². The number of phenols is 1. The summed E-state index contributed by atoms with van der Waals surface area (Å²) < 4.78 is 0. The van der Waals surface area contributed by atoms with E-state index in [1.807, 2.05) is 24.5 Å². The Morgan fingerprint density at radius 2 is 1.73 bits per heavy atom. The topological polar surface area (TPSA) is 104 Å². The minimum absolute atomic E-state index is 0.165. The highest BCUT2D eigenvalue weighted by Crippen LogP contribution is 2.11. The first-order chi connectivity index (χ1) is 14.5. The molecule has 0 unspecified atom stereocenters. The summed E-state index contributed by atoms with van der Waals surface area (Å²) in [4.78, 5) is 25.1. The van der Waals surface area contributed by atoms with Crippen LogP contribution in [0.4, 0.5) is 0 Å². The number of hydrogen-bond donors (Lipinski definition) is 4. The number of carbonyl (C=O) groups is 2. The van der Waals surface area contributed by atoms with Crippen LogP contribution in [0.3, 0.4) is 0 Å². The summed E-state index contributed by atoms with van der Waals surface area (Å²) in [6.45, 7) is 0.554. The standard InChI is InChI=1S/C23H31N3O3S/c1-30-15-13-21(23(29)25-14-5-8-17-6-3-2-4-7-17)26-22(28)20(24)16-18-9-11-19(27)12-10-18/h2-4,6-7,9-12,20-21,27H,5,8,13-16,24H2,1H3,(H,25,29)(H,26,28)/t20-,21+/m0/s1. The van der Waals surface area contributed by atoms with E-state index < -0.39 is 12.1 Å². The van der Waals surface area contributed by atoms with Crippen LogP contribution in [0.15, 0.2) is 54.6 Å². The number of carbonyl (C=O) groups excluding carboxylic acids is 2. The van der Waals surface area contributed by atoms with Crippen molar-refractivity contribution < 1.29 is 14.7 Å². The number of benzene rings is 2. The SMILES string of the molecule is CSCC[C@@H](NC(=O)[C@@H](N)Cc1ccc(O)cc1)C(=O)NCCCc1ccccc1. The Morgan fingerprint density at radius 3 is 2.40 bits per heavy atom. The highest BCUT2D eigenvalue weighted by atomic mass is 32.2. The molecule has 0 aliphatic heterocycles. The van der Waals surface area contributed by atoms with Gasteiger partial charge in [-0.3, -0.25) is 9.59 Å². The number of nitrogens with two attached hydrogens (primary N) is 1. The van der Waals surface area contributed by atoms with Gasteiger partial charge in [0.1, 0.15) is 11.8 Å². The second kappa shape index (κ2) is 12.9. The molecule has 0 saturated carbocycles. The molecule has 0 aromatic heterocycles. The molecule has 2 aromatic rings. The number of amides is 2. The molecular formula is C23H31N3O3S. The van der Waals surface area contributed by atoms with Gasteiger partial charge >= 0.3 is 0 Å². The zero-order valence-electron chi connectivity index (χ0n) is 17.3. The lowest BCUT2D eigenvalue weighted by Gasteiger charge is -2.20. The Kier molecular flexibility index (Phi) is 10.2. The minimum Gasteiger partial charge on any atom is -0.508 e. The molecule has 2 aromatic carbocycles. The van der Waals surface area contributed by atoms with E-state index in [1.165, 1.54) is 5.56 Å². The number of nitrogens with one attached hydrogen (secondary N) is 2. The van der Waals surface area contributed by atoms with E-state index in [0.29, 0.717) is 19.4 Å². The van der Waals surface area contributed by atoms with Crippen molar-refractivity contribution in [1.82, 2.24) is 10.6 Å². The average molecular weight is 430 g/mol. The Bertz CT molecular complexity index is 784. The highest BCUT2D eigenvalue weighted by Gasteiger charge is 2.23. The first-order valence-electron chi connectivity index (χ1n) is 10.1. The van der Waals surface area contributed by atoms with Gasteiger partial charge in [0.25, 0.3) is 0 Å². The normalized spacial score (nSPS) is 12.7. The van der Waals surface area contributed by atoms with E-state index in [2.05, 4.69) is 22.8 Å². The first-order valence-corrected chi connectivity index (χ1v) is 11.5.